The van der Waals surface area contributed by atoms with Crippen molar-refractivity contribution < 1.29 is 5.11 Å². The first-order valence-electron chi connectivity index (χ1n) is 4.69. The van der Waals surface area contributed by atoms with Crippen LogP contribution in [-0.4, -0.2) is 11.2 Å². The van der Waals surface area contributed by atoms with E-state index in [1.54, 1.807) is 0 Å². The molecule has 1 aliphatic carbocycles. The molecule has 1 rings (SSSR count). The van der Waals surface area contributed by atoms with Gasteiger partial charge >= 0.3 is 0 Å². The van der Waals surface area contributed by atoms with E-state index in [4.69, 9.17) is 6.42 Å². The molecule has 1 aliphatic rings. The zero-order chi connectivity index (χ0) is 9.19. The van der Waals surface area contributed by atoms with Crippen molar-refractivity contribution in [1.82, 2.24) is 0 Å². The van der Waals surface area contributed by atoms with Gasteiger partial charge in [-0.1, -0.05) is 26.2 Å². The maximum atomic E-state index is 9.48. The Bertz CT molecular complexity index is 188. The standard InChI is InChI=1S/C11H18O/c1-4-10(12)9-6-5-7-11(2,3)8-9/h1,9-10,12H,5-8H2,2-3H3. The van der Waals surface area contributed by atoms with E-state index in [-0.39, 0.29) is 0 Å². The molecule has 0 aromatic heterocycles. The molecule has 12 heavy (non-hydrogen) atoms. The highest BCUT2D eigenvalue weighted by Gasteiger charge is 2.30. The summed E-state index contributed by atoms with van der Waals surface area (Å²) in [7, 11) is 0. The summed E-state index contributed by atoms with van der Waals surface area (Å²) in [6, 6.07) is 0. The van der Waals surface area contributed by atoms with Gasteiger partial charge in [0.25, 0.3) is 0 Å². The van der Waals surface area contributed by atoms with Gasteiger partial charge in [-0.25, -0.2) is 0 Å². The summed E-state index contributed by atoms with van der Waals surface area (Å²) in [5.41, 5.74) is 0.376. The van der Waals surface area contributed by atoms with E-state index in [1.165, 1.54) is 12.8 Å². The van der Waals surface area contributed by atoms with E-state index in [1.807, 2.05) is 0 Å². The SMILES string of the molecule is C#CC(O)C1CCCC(C)(C)C1. The first kappa shape index (κ1) is 9.61. The quantitative estimate of drug-likeness (QED) is 0.592. The zero-order valence-electron chi connectivity index (χ0n) is 8.01. The van der Waals surface area contributed by atoms with Gasteiger partial charge in [-0.2, -0.15) is 0 Å². The monoisotopic (exact) mass is 166 g/mol. The Kier molecular flexibility index (Phi) is 2.80. The molecular weight excluding hydrogens is 148 g/mol. The van der Waals surface area contributed by atoms with Crippen molar-refractivity contribution >= 4 is 0 Å². The molecule has 0 aromatic rings. The first-order chi connectivity index (χ1) is 5.55. The molecule has 0 heterocycles. The molecule has 1 N–H and O–H groups in total. The van der Waals surface area contributed by atoms with Crippen molar-refractivity contribution in [2.45, 2.75) is 45.6 Å². The number of aliphatic hydroxyl groups excluding tert-OH is 1. The molecule has 1 nitrogen and oxygen atoms in total. The largest absolute Gasteiger partial charge is 0.380 e. The summed E-state index contributed by atoms with van der Waals surface area (Å²) in [5, 5.41) is 9.48. The molecule has 1 fully saturated rings. The average molecular weight is 166 g/mol. The lowest BCUT2D eigenvalue weighted by Gasteiger charge is -2.36. The van der Waals surface area contributed by atoms with Crippen LogP contribution in [0.25, 0.3) is 0 Å². The second kappa shape index (κ2) is 3.49. The fourth-order valence-electron chi connectivity index (χ4n) is 2.16. The van der Waals surface area contributed by atoms with E-state index >= 15 is 0 Å². The zero-order valence-corrected chi connectivity index (χ0v) is 8.01. The minimum Gasteiger partial charge on any atom is -0.380 e. The molecule has 0 spiro atoms. The smallest absolute Gasteiger partial charge is 0.117 e. The van der Waals surface area contributed by atoms with Gasteiger partial charge in [0.2, 0.25) is 0 Å². The van der Waals surface area contributed by atoms with Crippen molar-refractivity contribution in [3.63, 3.8) is 0 Å². The Morgan fingerprint density at radius 2 is 2.25 bits per heavy atom. The molecule has 2 unspecified atom stereocenters. The summed E-state index contributed by atoms with van der Waals surface area (Å²) < 4.78 is 0. The van der Waals surface area contributed by atoms with Gasteiger partial charge in [-0.05, 0) is 30.6 Å². The molecule has 0 radical (unpaired) electrons. The molecule has 0 aliphatic heterocycles. The van der Waals surface area contributed by atoms with E-state index in [0.717, 1.165) is 12.8 Å². The molecule has 1 heteroatoms. The van der Waals surface area contributed by atoms with Gasteiger partial charge in [0.05, 0.1) is 0 Å². The third kappa shape index (κ3) is 2.25. The van der Waals surface area contributed by atoms with Crippen molar-refractivity contribution in [1.29, 1.82) is 0 Å². The van der Waals surface area contributed by atoms with Crippen LogP contribution in [0.5, 0.6) is 0 Å². The fourth-order valence-corrected chi connectivity index (χ4v) is 2.16. The van der Waals surface area contributed by atoms with Crippen LogP contribution in [0.1, 0.15) is 39.5 Å². The van der Waals surface area contributed by atoms with Crippen LogP contribution in [0.4, 0.5) is 0 Å². The summed E-state index contributed by atoms with van der Waals surface area (Å²) >= 11 is 0. The van der Waals surface area contributed by atoms with Gasteiger partial charge in [-0.15, -0.1) is 6.42 Å². The molecule has 0 aromatic carbocycles. The lowest BCUT2D eigenvalue weighted by atomic mass is 9.71. The molecular formula is C11H18O. The molecule has 0 bridgehead atoms. The van der Waals surface area contributed by atoms with Crippen molar-refractivity contribution in [2.75, 3.05) is 0 Å². The normalized spacial score (nSPS) is 30.7. The molecule has 0 amide bonds. The summed E-state index contributed by atoms with van der Waals surface area (Å²) in [6.07, 6.45) is 9.30. The molecule has 1 saturated carbocycles. The number of rotatable bonds is 1. The Labute approximate surface area is 75.2 Å². The highest BCUT2D eigenvalue weighted by molar-refractivity contribution is 4.99. The van der Waals surface area contributed by atoms with Gasteiger partial charge in [0.1, 0.15) is 6.10 Å². The number of hydrogen-bond acceptors (Lipinski definition) is 1. The van der Waals surface area contributed by atoms with Gasteiger partial charge in [0, 0.05) is 0 Å². The highest BCUT2D eigenvalue weighted by Crippen LogP contribution is 2.39. The number of terminal acetylenes is 1. The maximum Gasteiger partial charge on any atom is 0.117 e. The predicted molar refractivity (Wildman–Crippen MR) is 50.6 cm³/mol. The van der Waals surface area contributed by atoms with E-state index in [2.05, 4.69) is 19.8 Å². The van der Waals surface area contributed by atoms with Crippen molar-refractivity contribution in [3.05, 3.63) is 0 Å². The van der Waals surface area contributed by atoms with Crippen LogP contribution in [-0.2, 0) is 0 Å². The van der Waals surface area contributed by atoms with Crippen LogP contribution < -0.4 is 0 Å². The minimum atomic E-state index is -0.524. The lowest BCUT2D eigenvalue weighted by Crippen LogP contribution is -2.29. The Balaban J connectivity index is 2.53. The molecule has 68 valence electrons. The van der Waals surface area contributed by atoms with E-state index in [0.29, 0.717) is 11.3 Å². The van der Waals surface area contributed by atoms with E-state index in [9.17, 15) is 5.11 Å². The predicted octanol–water partition coefficient (Wildman–Crippen LogP) is 2.20. The van der Waals surface area contributed by atoms with Crippen LogP contribution in [0.2, 0.25) is 0 Å². The molecule has 2 atom stereocenters. The number of hydrogen-bond donors (Lipinski definition) is 1. The van der Waals surface area contributed by atoms with Crippen molar-refractivity contribution in [3.8, 4) is 12.3 Å². The van der Waals surface area contributed by atoms with Crippen LogP contribution in [0.3, 0.4) is 0 Å². The third-order valence-electron chi connectivity index (χ3n) is 2.86. The van der Waals surface area contributed by atoms with Gasteiger partial charge in [-0.3, -0.25) is 0 Å². The van der Waals surface area contributed by atoms with E-state index < -0.39 is 6.10 Å². The minimum absolute atomic E-state index is 0.332. The summed E-state index contributed by atoms with van der Waals surface area (Å²) in [5.74, 6) is 2.76. The maximum absolute atomic E-state index is 9.48. The first-order valence-corrected chi connectivity index (χ1v) is 4.69. The third-order valence-corrected chi connectivity index (χ3v) is 2.86. The second-order valence-electron chi connectivity index (χ2n) is 4.63. The second-order valence-corrected chi connectivity index (χ2v) is 4.63. The van der Waals surface area contributed by atoms with Crippen LogP contribution in [0.15, 0.2) is 0 Å². The van der Waals surface area contributed by atoms with Crippen molar-refractivity contribution in [2.24, 2.45) is 11.3 Å². The Morgan fingerprint density at radius 3 is 2.75 bits per heavy atom. The Morgan fingerprint density at radius 1 is 1.58 bits per heavy atom. The topological polar surface area (TPSA) is 20.2 Å². The van der Waals surface area contributed by atoms with Gasteiger partial charge < -0.3 is 5.11 Å². The highest BCUT2D eigenvalue weighted by atomic mass is 16.3. The van der Waals surface area contributed by atoms with Crippen LogP contribution >= 0.6 is 0 Å². The number of aliphatic hydroxyl groups is 1. The summed E-state index contributed by atoms with van der Waals surface area (Å²) in [4.78, 5) is 0. The van der Waals surface area contributed by atoms with Crippen LogP contribution in [0, 0.1) is 23.7 Å². The Hall–Kier alpha value is -0.480. The summed E-state index contributed by atoms with van der Waals surface area (Å²) in [6.45, 7) is 4.50. The average Bonchev–Trinajstić information content (AvgIpc) is 2.01. The lowest BCUT2D eigenvalue weighted by molar-refractivity contribution is 0.0817. The van der Waals surface area contributed by atoms with Gasteiger partial charge in [0.15, 0.2) is 0 Å². The fraction of sp³-hybridized carbons (Fsp3) is 0.818. The molecule has 0 saturated heterocycles.